The van der Waals surface area contributed by atoms with Crippen LogP contribution in [0.4, 0.5) is 16.6 Å². The predicted molar refractivity (Wildman–Crippen MR) is 90.1 cm³/mol. The van der Waals surface area contributed by atoms with Gasteiger partial charge in [-0.15, -0.1) is 0 Å². The Bertz CT molecular complexity index is 443. The number of nitrogens with two attached hydrogens (primary N) is 1. The number of hydrogen-bond acceptors (Lipinski definition) is 6. The number of nitrogens with one attached hydrogen (secondary N) is 2. The fourth-order valence-corrected chi connectivity index (χ4v) is 1.43. The second kappa shape index (κ2) is 10.0. The summed E-state index contributed by atoms with van der Waals surface area (Å²) in [6.07, 6.45) is 0.677. The minimum atomic E-state index is -0.390. The number of alkyl carbamates (subject to hydrolysis) is 1. The molecule has 0 aliphatic heterocycles. The van der Waals surface area contributed by atoms with E-state index in [0.717, 1.165) is 13.0 Å². The van der Waals surface area contributed by atoms with Gasteiger partial charge in [-0.2, -0.15) is 4.98 Å². The number of anilines is 2. The summed E-state index contributed by atoms with van der Waals surface area (Å²) in [6, 6.07) is 1.65. The lowest BCUT2D eigenvalue weighted by molar-refractivity contribution is 0.0531. The Labute approximate surface area is 137 Å². The molecule has 1 aromatic rings. The van der Waals surface area contributed by atoms with Crippen molar-refractivity contribution in [2.45, 2.75) is 46.6 Å². The summed E-state index contributed by atoms with van der Waals surface area (Å²) in [4.78, 5) is 18.4. The van der Waals surface area contributed by atoms with Gasteiger partial charge in [0, 0.05) is 19.2 Å². The molecule has 0 aromatic carbocycles. The molecular weight excluding hydrogens is 306 g/mol. The monoisotopic (exact) mass is 331 g/mol. The predicted octanol–water partition coefficient (Wildman–Crippen LogP) is 3.07. The molecule has 7 nitrogen and oxygen atoms in total. The van der Waals surface area contributed by atoms with Crippen molar-refractivity contribution in [2.75, 3.05) is 24.1 Å². The molecule has 0 aliphatic carbocycles. The molecular formula is C14H26ClN5O2. The van der Waals surface area contributed by atoms with Crippen molar-refractivity contribution < 1.29 is 9.53 Å². The number of carbonyl (C=O) groups is 1. The van der Waals surface area contributed by atoms with E-state index in [0.29, 0.717) is 17.5 Å². The van der Waals surface area contributed by atoms with Crippen LogP contribution >= 0.6 is 11.6 Å². The third kappa shape index (κ3) is 11.0. The van der Waals surface area contributed by atoms with Crippen LogP contribution in [0.25, 0.3) is 0 Å². The van der Waals surface area contributed by atoms with Crippen molar-refractivity contribution in [3.63, 3.8) is 0 Å². The third-order valence-electron chi connectivity index (χ3n) is 1.99. The second-order valence-corrected chi connectivity index (χ2v) is 5.78. The SMILES string of the molecule is CCCNc1cc(Cl)nc(N)n1.CCNC(=O)OC(C)(C)C. The molecule has 0 unspecified atom stereocenters. The number of carbonyl (C=O) groups excluding carboxylic acids is 1. The summed E-state index contributed by atoms with van der Waals surface area (Å²) in [6.45, 7) is 10.9. The number of halogens is 1. The van der Waals surface area contributed by atoms with Crippen molar-refractivity contribution in [1.29, 1.82) is 0 Å². The fourth-order valence-electron chi connectivity index (χ4n) is 1.24. The Morgan fingerprint density at radius 1 is 1.36 bits per heavy atom. The van der Waals surface area contributed by atoms with Gasteiger partial charge in [0.05, 0.1) is 0 Å². The molecule has 0 atom stereocenters. The van der Waals surface area contributed by atoms with Gasteiger partial charge < -0.3 is 21.1 Å². The topological polar surface area (TPSA) is 102 Å². The molecule has 8 heteroatoms. The van der Waals surface area contributed by atoms with Gasteiger partial charge in [-0.1, -0.05) is 18.5 Å². The largest absolute Gasteiger partial charge is 0.444 e. The van der Waals surface area contributed by atoms with Crippen molar-refractivity contribution >= 4 is 29.5 Å². The van der Waals surface area contributed by atoms with Gasteiger partial charge in [-0.25, -0.2) is 9.78 Å². The van der Waals surface area contributed by atoms with Gasteiger partial charge in [0.2, 0.25) is 5.95 Å². The zero-order chi connectivity index (χ0) is 17.2. The highest BCUT2D eigenvalue weighted by atomic mass is 35.5. The normalized spacial score (nSPS) is 10.3. The van der Waals surface area contributed by atoms with E-state index in [2.05, 4.69) is 27.5 Å². The van der Waals surface area contributed by atoms with Crippen LogP contribution in [-0.4, -0.2) is 34.8 Å². The molecule has 1 amide bonds. The van der Waals surface area contributed by atoms with Crippen LogP contribution < -0.4 is 16.4 Å². The molecule has 0 spiro atoms. The molecule has 22 heavy (non-hydrogen) atoms. The van der Waals surface area contributed by atoms with Crippen molar-refractivity contribution in [3.05, 3.63) is 11.2 Å². The van der Waals surface area contributed by atoms with E-state index in [9.17, 15) is 4.79 Å². The molecule has 0 saturated heterocycles. The summed E-state index contributed by atoms with van der Waals surface area (Å²) >= 11 is 5.66. The molecule has 0 fully saturated rings. The molecule has 1 rings (SSSR count). The highest BCUT2D eigenvalue weighted by Crippen LogP contribution is 2.11. The van der Waals surface area contributed by atoms with Gasteiger partial charge in [0.15, 0.2) is 0 Å². The van der Waals surface area contributed by atoms with E-state index in [1.165, 1.54) is 0 Å². The molecule has 0 saturated carbocycles. The first-order chi connectivity index (χ1) is 10.2. The van der Waals surface area contributed by atoms with Crippen LogP contribution in [0.1, 0.15) is 41.0 Å². The van der Waals surface area contributed by atoms with Gasteiger partial charge in [-0.05, 0) is 34.1 Å². The maximum Gasteiger partial charge on any atom is 0.407 e. The summed E-state index contributed by atoms with van der Waals surface area (Å²) < 4.78 is 4.93. The number of amides is 1. The van der Waals surface area contributed by atoms with Gasteiger partial charge in [0.25, 0.3) is 0 Å². The fraction of sp³-hybridized carbons (Fsp3) is 0.643. The Morgan fingerprint density at radius 3 is 2.45 bits per heavy atom. The number of hydrogen-bond donors (Lipinski definition) is 3. The average molecular weight is 332 g/mol. The van der Waals surface area contributed by atoms with Crippen molar-refractivity contribution in [3.8, 4) is 0 Å². The molecule has 0 bridgehead atoms. The van der Waals surface area contributed by atoms with Crippen LogP contribution in [0.2, 0.25) is 5.15 Å². The van der Waals surface area contributed by atoms with Crippen LogP contribution in [0.15, 0.2) is 6.07 Å². The van der Waals surface area contributed by atoms with E-state index in [4.69, 9.17) is 22.1 Å². The Kier molecular flexibility index (Phi) is 9.24. The lowest BCUT2D eigenvalue weighted by Gasteiger charge is -2.19. The maximum absolute atomic E-state index is 10.7. The zero-order valence-corrected chi connectivity index (χ0v) is 14.6. The standard InChI is InChI=1S/C7H11ClN4.C7H15NO2/c1-2-3-10-6-4-5(8)11-7(9)12-6;1-5-8-6(9)10-7(2,3)4/h4H,2-3H2,1H3,(H3,9,10,11,12);5H2,1-4H3,(H,8,9). The van der Waals surface area contributed by atoms with Crippen molar-refractivity contribution in [1.82, 2.24) is 15.3 Å². The highest BCUT2D eigenvalue weighted by Gasteiger charge is 2.14. The minimum absolute atomic E-state index is 0.195. The van der Waals surface area contributed by atoms with E-state index in [-0.39, 0.29) is 17.6 Å². The molecule has 1 aromatic heterocycles. The highest BCUT2D eigenvalue weighted by molar-refractivity contribution is 6.29. The van der Waals surface area contributed by atoms with Crippen LogP contribution in [0.5, 0.6) is 0 Å². The summed E-state index contributed by atoms with van der Waals surface area (Å²) in [5.74, 6) is 0.871. The molecule has 0 radical (unpaired) electrons. The first-order valence-electron chi connectivity index (χ1n) is 7.18. The summed E-state index contributed by atoms with van der Waals surface area (Å²) in [7, 11) is 0. The van der Waals surface area contributed by atoms with Gasteiger partial charge in [0.1, 0.15) is 16.6 Å². The molecule has 1 heterocycles. The average Bonchev–Trinajstić information content (AvgIpc) is 2.34. The number of aromatic nitrogens is 2. The minimum Gasteiger partial charge on any atom is -0.444 e. The Morgan fingerprint density at radius 2 is 2.00 bits per heavy atom. The summed E-state index contributed by atoms with van der Waals surface area (Å²) in [5, 5.41) is 5.96. The van der Waals surface area contributed by atoms with Crippen molar-refractivity contribution in [2.24, 2.45) is 0 Å². The number of rotatable bonds is 4. The first-order valence-corrected chi connectivity index (χ1v) is 7.56. The quantitative estimate of drug-likeness (QED) is 0.733. The maximum atomic E-state index is 10.7. The Hall–Kier alpha value is -1.76. The second-order valence-electron chi connectivity index (χ2n) is 5.39. The lowest BCUT2D eigenvalue weighted by atomic mass is 10.2. The van der Waals surface area contributed by atoms with Crippen LogP contribution in [-0.2, 0) is 4.74 Å². The van der Waals surface area contributed by atoms with E-state index >= 15 is 0 Å². The van der Waals surface area contributed by atoms with Gasteiger partial charge in [-0.3, -0.25) is 0 Å². The van der Waals surface area contributed by atoms with Crippen LogP contribution in [0, 0.1) is 0 Å². The smallest absolute Gasteiger partial charge is 0.407 e. The molecule has 4 N–H and O–H groups in total. The van der Waals surface area contributed by atoms with E-state index < -0.39 is 0 Å². The van der Waals surface area contributed by atoms with Crippen LogP contribution in [0.3, 0.4) is 0 Å². The molecule has 126 valence electrons. The van der Waals surface area contributed by atoms with E-state index in [1.807, 2.05) is 27.7 Å². The van der Waals surface area contributed by atoms with E-state index in [1.54, 1.807) is 6.07 Å². The van der Waals surface area contributed by atoms with Gasteiger partial charge >= 0.3 is 6.09 Å². The number of nitrogens with zero attached hydrogens (tertiary/aromatic N) is 2. The molecule has 0 aliphatic rings. The third-order valence-corrected chi connectivity index (χ3v) is 2.18. The Balaban J connectivity index is 0.000000409. The summed E-state index contributed by atoms with van der Waals surface area (Å²) in [5.41, 5.74) is 4.99. The number of nitrogen functional groups attached to an aromatic ring is 1. The lowest BCUT2D eigenvalue weighted by Crippen LogP contribution is -2.32. The number of ether oxygens (including phenoxy) is 1. The first kappa shape index (κ1) is 20.2. The zero-order valence-electron chi connectivity index (χ0n) is 13.9.